The van der Waals surface area contributed by atoms with Gasteiger partial charge >= 0.3 is 0 Å². The summed E-state index contributed by atoms with van der Waals surface area (Å²) in [5.41, 5.74) is 12.5. The highest BCUT2D eigenvalue weighted by molar-refractivity contribution is 5.53. The SMILES string of the molecule is CC(N)c1ncc2cccc(N)n12. The smallest absolute Gasteiger partial charge is 0.131 e. The average molecular weight is 176 g/mol. The predicted octanol–water partition coefficient (Wildman–Crippen LogP) is 0.936. The molecule has 4 nitrogen and oxygen atoms in total. The van der Waals surface area contributed by atoms with Crippen molar-refractivity contribution >= 4 is 11.3 Å². The molecule has 0 fully saturated rings. The number of nitrogens with zero attached hydrogens (tertiary/aromatic N) is 2. The van der Waals surface area contributed by atoms with Crippen LogP contribution in [0.1, 0.15) is 18.8 Å². The second kappa shape index (κ2) is 2.74. The summed E-state index contributed by atoms with van der Waals surface area (Å²) in [6.45, 7) is 1.89. The standard InChI is InChI=1S/C9H12N4/c1-6(10)9-12-5-7-3-2-4-8(11)13(7)9/h2-6H,10-11H2,1H3. The third-order valence-electron chi connectivity index (χ3n) is 2.02. The summed E-state index contributed by atoms with van der Waals surface area (Å²) in [7, 11) is 0. The number of imidazole rings is 1. The van der Waals surface area contributed by atoms with Gasteiger partial charge in [-0.2, -0.15) is 0 Å². The molecule has 0 aliphatic carbocycles. The summed E-state index contributed by atoms with van der Waals surface area (Å²) in [5.74, 6) is 1.47. The van der Waals surface area contributed by atoms with E-state index in [1.165, 1.54) is 0 Å². The van der Waals surface area contributed by atoms with Crippen LogP contribution >= 0.6 is 0 Å². The van der Waals surface area contributed by atoms with Gasteiger partial charge in [-0.25, -0.2) is 4.98 Å². The lowest BCUT2D eigenvalue weighted by Gasteiger charge is -2.06. The van der Waals surface area contributed by atoms with E-state index in [4.69, 9.17) is 11.5 Å². The maximum absolute atomic E-state index is 5.81. The molecule has 0 amide bonds. The Hall–Kier alpha value is -1.55. The van der Waals surface area contributed by atoms with Crippen molar-refractivity contribution in [3.63, 3.8) is 0 Å². The van der Waals surface area contributed by atoms with Gasteiger partial charge in [-0.05, 0) is 19.1 Å². The molecule has 0 bridgehead atoms. The summed E-state index contributed by atoms with van der Waals surface area (Å²) in [4.78, 5) is 4.21. The molecule has 0 spiro atoms. The van der Waals surface area contributed by atoms with Crippen molar-refractivity contribution in [2.24, 2.45) is 5.73 Å². The minimum atomic E-state index is -0.104. The normalized spacial score (nSPS) is 13.4. The number of hydrogen-bond donors (Lipinski definition) is 2. The van der Waals surface area contributed by atoms with Crippen molar-refractivity contribution < 1.29 is 0 Å². The molecule has 0 aliphatic rings. The maximum Gasteiger partial charge on any atom is 0.131 e. The minimum Gasteiger partial charge on any atom is -0.385 e. The highest BCUT2D eigenvalue weighted by atomic mass is 15.1. The first-order chi connectivity index (χ1) is 6.20. The van der Waals surface area contributed by atoms with E-state index in [0.717, 1.165) is 11.3 Å². The van der Waals surface area contributed by atoms with Crippen LogP contribution in [0.25, 0.3) is 5.52 Å². The molecule has 13 heavy (non-hydrogen) atoms. The highest BCUT2D eigenvalue weighted by Crippen LogP contribution is 2.15. The Bertz CT molecular complexity index is 430. The van der Waals surface area contributed by atoms with Gasteiger partial charge in [0.2, 0.25) is 0 Å². The zero-order chi connectivity index (χ0) is 9.42. The number of fused-ring (bicyclic) bond motifs is 1. The fourth-order valence-corrected chi connectivity index (χ4v) is 1.42. The summed E-state index contributed by atoms with van der Waals surface area (Å²) in [6, 6.07) is 5.58. The van der Waals surface area contributed by atoms with Crippen LogP contribution in [0, 0.1) is 0 Å². The number of rotatable bonds is 1. The number of anilines is 1. The van der Waals surface area contributed by atoms with Crippen molar-refractivity contribution in [2.45, 2.75) is 13.0 Å². The molecular weight excluding hydrogens is 164 g/mol. The first kappa shape index (κ1) is 8.07. The van der Waals surface area contributed by atoms with E-state index >= 15 is 0 Å². The predicted molar refractivity (Wildman–Crippen MR) is 52.2 cm³/mol. The van der Waals surface area contributed by atoms with E-state index in [-0.39, 0.29) is 6.04 Å². The Morgan fingerprint density at radius 1 is 1.46 bits per heavy atom. The molecule has 2 heterocycles. The van der Waals surface area contributed by atoms with Crippen molar-refractivity contribution in [1.29, 1.82) is 0 Å². The summed E-state index contributed by atoms with van der Waals surface area (Å²) in [5, 5.41) is 0. The van der Waals surface area contributed by atoms with Gasteiger partial charge in [0.15, 0.2) is 0 Å². The molecule has 4 N–H and O–H groups in total. The number of hydrogen-bond acceptors (Lipinski definition) is 3. The molecule has 2 aromatic heterocycles. The fraction of sp³-hybridized carbons (Fsp3) is 0.222. The Morgan fingerprint density at radius 2 is 2.23 bits per heavy atom. The lowest BCUT2D eigenvalue weighted by molar-refractivity contribution is 0.738. The van der Waals surface area contributed by atoms with Crippen LogP contribution in [0.2, 0.25) is 0 Å². The van der Waals surface area contributed by atoms with Crippen LogP contribution < -0.4 is 11.5 Å². The second-order valence-corrected chi connectivity index (χ2v) is 3.12. The van der Waals surface area contributed by atoms with E-state index in [1.807, 2.05) is 29.5 Å². The zero-order valence-electron chi connectivity index (χ0n) is 7.44. The van der Waals surface area contributed by atoms with Gasteiger partial charge in [-0.15, -0.1) is 0 Å². The second-order valence-electron chi connectivity index (χ2n) is 3.12. The lowest BCUT2D eigenvalue weighted by Crippen LogP contribution is -2.11. The van der Waals surface area contributed by atoms with E-state index < -0.39 is 0 Å². The molecule has 0 saturated carbocycles. The molecule has 2 aromatic rings. The van der Waals surface area contributed by atoms with Crippen molar-refractivity contribution in [3.05, 3.63) is 30.2 Å². The van der Waals surface area contributed by atoms with Crippen LogP contribution in [-0.2, 0) is 0 Å². The van der Waals surface area contributed by atoms with E-state index in [9.17, 15) is 0 Å². The molecule has 0 radical (unpaired) electrons. The summed E-state index contributed by atoms with van der Waals surface area (Å²) >= 11 is 0. The van der Waals surface area contributed by atoms with Gasteiger partial charge < -0.3 is 11.5 Å². The molecule has 1 atom stereocenters. The third-order valence-corrected chi connectivity index (χ3v) is 2.02. The van der Waals surface area contributed by atoms with Crippen LogP contribution in [0.3, 0.4) is 0 Å². The molecule has 0 aromatic carbocycles. The monoisotopic (exact) mass is 176 g/mol. The Labute approximate surface area is 76.2 Å². The molecule has 1 unspecified atom stereocenters. The summed E-state index contributed by atoms with van der Waals surface area (Å²) in [6.07, 6.45) is 1.77. The van der Waals surface area contributed by atoms with E-state index in [1.54, 1.807) is 6.20 Å². The number of nitrogens with two attached hydrogens (primary N) is 2. The van der Waals surface area contributed by atoms with Crippen molar-refractivity contribution in [3.8, 4) is 0 Å². The Morgan fingerprint density at radius 3 is 2.92 bits per heavy atom. The minimum absolute atomic E-state index is 0.104. The highest BCUT2D eigenvalue weighted by Gasteiger charge is 2.08. The topological polar surface area (TPSA) is 69.3 Å². The lowest BCUT2D eigenvalue weighted by atomic mass is 10.3. The van der Waals surface area contributed by atoms with Gasteiger partial charge in [0.25, 0.3) is 0 Å². The molecule has 68 valence electrons. The average Bonchev–Trinajstić information content (AvgIpc) is 2.49. The molecular formula is C9H12N4. The van der Waals surface area contributed by atoms with E-state index in [2.05, 4.69) is 4.98 Å². The van der Waals surface area contributed by atoms with Gasteiger partial charge in [0.1, 0.15) is 11.6 Å². The van der Waals surface area contributed by atoms with E-state index in [0.29, 0.717) is 5.82 Å². The van der Waals surface area contributed by atoms with Crippen LogP contribution in [0.5, 0.6) is 0 Å². The largest absolute Gasteiger partial charge is 0.385 e. The fourth-order valence-electron chi connectivity index (χ4n) is 1.42. The molecule has 0 aliphatic heterocycles. The van der Waals surface area contributed by atoms with Crippen LogP contribution in [0.15, 0.2) is 24.4 Å². The first-order valence-electron chi connectivity index (χ1n) is 4.17. The van der Waals surface area contributed by atoms with Gasteiger partial charge in [-0.1, -0.05) is 6.07 Å². The maximum atomic E-state index is 5.81. The molecule has 0 saturated heterocycles. The zero-order valence-corrected chi connectivity index (χ0v) is 7.44. The first-order valence-corrected chi connectivity index (χ1v) is 4.17. The van der Waals surface area contributed by atoms with Crippen molar-refractivity contribution in [1.82, 2.24) is 9.38 Å². The Balaban J connectivity index is 2.79. The number of nitrogen functional groups attached to an aromatic ring is 1. The quantitative estimate of drug-likeness (QED) is 0.679. The Kier molecular flexibility index (Phi) is 1.70. The number of pyridine rings is 1. The van der Waals surface area contributed by atoms with Gasteiger partial charge in [0, 0.05) is 0 Å². The van der Waals surface area contributed by atoms with Gasteiger partial charge in [0.05, 0.1) is 17.8 Å². The van der Waals surface area contributed by atoms with Gasteiger partial charge in [-0.3, -0.25) is 4.40 Å². The molecule has 2 rings (SSSR count). The molecule has 4 heteroatoms. The van der Waals surface area contributed by atoms with Crippen molar-refractivity contribution in [2.75, 3.05) is 5.73 Å². The summed E-state index contributed by atoms with van der Waals surface area (Å²) < 4.78 is 1.87. The van der Waals surface area contributed by atoms with Crippen LogP contribution in [0.4, 0.5) is 5.82 Å². The third kappa shape index (κ3) is 1.15. The van der Waals surface area contributed by atoms with Crippen LogP contribution in [-0.4, -0.2) is 9.38 Å². The number of aromatic nitrogens is 2.